The number of rotatable bonds is 3. The number of nitrogens with zero attached hydrogens (tertiary/aromatic N) is 6. The maximum Gasteiger partial charge on any atom is 0.266 e. The molecule has 1 fully saturated rings. The molecule has 2 aromatic heterocycles. The van der Waals surface area contributed by atoms with Crippen LogP contribution < -0.4 is 15.5 Å². The highest BCUT2D eigenvalue weighted by Gasteiger charge is 2.26. The van der Waals surface area contributed by atoms with Crippen LogP contribution in [0.4, 0.5) is 17.7 Å². The summed E-state index contributed by atoms with van der Waals surface area (Å²) in [7, 11) is 0. The number of nitrogen functional groups attached to an aromatic ring is 1. The standard InChI is InChI=1S/C17H25N7O/c1-11(2)15-21-17(22-25-15)24-9-5-12-13(6-10-24)19-16(18)20-14(12)23-7-3-4-8-23/h11H,3-10H2,1-2H3,(H2,18,19,20). The van der Waals surface area contributed by atoms with E-state index in [9.17, 15) is 0 Å². The summed E-state index contributed by atoms with van der Waals surface area (Å²) in [5, 5.41) is 4.15. The number of nitrogens with two attached hydrogens (primary N) is 1. The molecule has 0 bridgehead atoms. The minimum Gasteiger partial charge on any atom is -0.368 e. The van der Waals surface area contributed by atoms with Crippen molar-refractivity contribution in [3.8, 4) is 0 Å². The van der Waals surface area contributed by atoms with Gasteiger partial charge in [0.1, 0.15) is 5.82 Å². The van der Waals surface area contributed by atoms with Gasteiger partial charge in [-0.3, -0.25) is 0 Å². The minimum absolute atomic E-state index is 0.234. The monoisotopic (exact) mass is 343 g/mol. The van der Waals surface area contributed by atoms with Gasteiger partial charge in [0.15, 0.2) is 0 Å². The van der Waals surface area contributed by atoms with Crippen LogP contribution in [-0.2, 0) is 12.8 Å². The lowest BCUT2D eigenvalue weighted by atomic mass is 10.1. The molecule has 0 amide bonds. The van der Waals surface area contributed by atoms with E-state index in [0.29, 0.717) is 17.8 Å². The normalized spacial score (nSPS) is 17.9. The fourth-order valence-electron chi connectivity index (χ4n) is 3.58. The van der Waals surface area contributed by atoms with Gasteiger partial charge in [-0.1, -0.05) is 13.8 Å². The minimum atomic E-state index is 0.234. The molecule has 0 spiro atoms. The molecule has 0 aromatic carbocycles. The summed E-state index contributed by atoms with van der Waals surface area (Å²) in [5.41, 5.74) is 8.27. The summed E-state index contributed by atoms with van der Waals surface area (Å²) in [6.45, 7) is 7.84. The Morgan fingerprint density at radius 3 is 2.44 bits per heavy atom. The molecule has 0 aliphatic carbocycles. The van der Waals surface area contributed by atoms with E-state index in [2.05, 4.69) is 43.8 Å². The summed E-state index contributed by atoms with van der Waals surface area (Å²) in [5.74, 6) is 2.98. The third-order valence-corrected chi connectivity index (χ3v) is 4.95. The van der Waals surface area contributed by atoms with Gasteiger partial charge in [-0.2, -0.15) is 9.97 Å². The zero-order valence-corrected chi connectivity index (χ0v) is 14.9. The van der Waals surface area contributed by atoms with Crippen molar-refractivity contribution in [2.45, 2.75) is 45.4 Å². The molecule has 8 heteroatoms. The topological polar surface area (TPSA) is 97.2 Å². The molecule has 2 N–H and O–H groups in total. The van der Waals surface area contributed by atoms with Gasteiger partial charge in [0.2, 0.25) is 11.8 Å². The fraction of sp³-hybridized carbons (Fsp3) is 0.647. The van der Waals surface area contributed by atoms with E-state index in [1.54, 1.807) is 0 Å². The van der Waals surface area contributed by atoms with Crippen molar-refractivity contribution in [3.05, 3.63) is 17.1 Å². The second kappa shape index (κ2) is 6.50. The van der Waals surface area contributed by atoms with Gasteiger partial charge in [0.05, 0.1) is 5.69 Å². The van der Waals surface area contributed by atoms with Crippen molar-refractivity contribution in [1.29, 1.82) is 0 Å². The summed E-state index contributed by atoms with van der Waals surface area (Å²) in [6.07, 6.45) is 4.11. The third kappa shape index (κ3) is 3.12. The van der Waals surface area contributed by atoms with E-state index in [-0.39, 0.29) is 5.92 Å². The first kappa shape index (κ1) is 16.1. The Bertz CT molecular complexity index is 751. The van der Waals surface area contributed by atoms with Gasteiger partial charge in [0, 0.05) is 44.1 Å². The Morgan fingerprint density at radius 1 is 0.960 bits per heavy atom. The third-order valence-electron chi connectivity index (χ3n) is 4.95. The highest BCUT2D eigenvalue weighted by atomic mass is 16.5. The molecule has 4 rings (SSSR count). The van der Waals surface area contributed by atoms with Crippen molar-refractivity contribution in [1.82, 2.24) is 20.1 Å². The second-order valence-electron chi connectivity index (χ2n) is 7.10. The summed E-state index contributed by atoms with van der Waals surface area (Å²) in [4.78, 5) is 18.1. The van der Waals surface area contributed by atoms with E-state index in [1.807, 2.05) is 0 Å². The Hall–Kier alpha value is -2.38. The van der Waals surface area contributed by atoms with Crippen molar-refractivity contribution in [3.63, 3.8) is 0 Å². The first-order chi connectivity index (χ1) is 12.1. The maximum absolute atomic E-state index is 5.98. The highest BCUT2D eigenvalue weighted by molar-refractivity contribution is 5.54. The lowest BCUT2D eigenvalue weighted by Gasteiger charge is -2.21. The van der Waals surface area contributed by atoms with E-state index in [1.165, 1.54) is 18.4 Å². The van der Waals surface area contributed by atoms with E-state index >= 15 is 0 Å². The van der Waals surface area contributed by atoms with Crippen LogP contribution in [-0.4, -0.2) is 46.3 Å². The molecule has 8 nitrogen and oxygen atoms in total. The fourth-order valence-corrected chi connectivity index (χ4v) is 3.58. The average molecular weight is 343 g/mol. The lowest BCUT2D eigenvalue weighted by molar-refractivity contribution is 0.364. The predicted octanol–water partition coefficient (Wildman–Crippen LogP) is 1.77. The molecule has 2 aliphatic heterocycles. The number of hydrogen-bond acceptors (Lipinski definition) is 8. The van der Waals surface area contributed by atoms with Crippen LogP contribution in [0, 0.1) is 0 Å². The summed E-state index contributed by atoms with van der Waals surface area (Å²) in [6, 6.07) is 0. The SMILES string of the molecule is CC(C)c1nc(N2CCc3nc(N)nc(N4CCCC4)c3CC2)no1. The van der Waals surface area contributed by atoms with Gasteiger partial charge in [0.25, 0.3) is 5.95 Å². The molecule has 25 heavy (non-hydrogen) atoms. The number of anilines is 3. The van der Waals surface area contributed by atoms with E-state index in [0.717, 1.165) is 50.5 Å². The molecule has 0 radical (unpaired) electrons. The van der Waals surface area contributed by atoms with Gasteiger partial charge in [-0.15, -0.1) is 0 Å². The maximum atomic E-state index is 5.98. The molecule has 4 heterocycles. The van der Waals surface area contributed by atoms with E-state index in [4.69, 9.17) is 10.3 Å². The van der Waals surface area contributed by atoms with Crippen molar-refractivity contribution in [2.75, 3.05) is 41.7 Å². The van der Waals surface area contributed by atoms with Crippen molar-refractivity contribution >= 4 is 17.7 Å². The number of aromatic nitrogens is 4. The van der Waals surface area contributed by atoms with E-state index < -0.39 is 0 Å². The first-order valence-electron chi connectivity index (χ1n) is 9.10. The zero-order valence-electron chi connectivity index (χ0n) is 14.9. The molecule has 2 aromatic rings. The van der Waals surface area contributed by atoms with Crippen LogP contribution in [0.15, 0.2) is 4.52 Å². The van der Waals surface area contributed by atoms with Crippen molar-refractivity contribution < 1.29 is 4.52 Å². The quantitative estimate of drug-likeness (QED) is 0.900. The lowest BCUT2D eigenvalue weighted by Crippen LogP contribution is -2.27. The Balaban J connectivity index is 1.59. The first-order valence-corrected chi connectivity index (χ1v) is 9.10. The van der Waals surface area contributed by atoms with Gasteiger partial charge >= 0.3 is 0 Å². The Morgan fingerprint density at radius 2 is 1.72 bits per heavy atom. The van der Waals surface area contributed by atoms with Crippen LogP contribution in [0.25, 0.3) is 0 Å². The van der Waals surface area contributed by atoms with Crippen molar-refractivity contribution in [2.24, 2.45) is 0 Å². The largest absolute Gasteiger partial charge is 0.368 e. The van der Waals surface area contributed by atoms with Crippen LogP contribution in [0.2, 0.25) is 0 Å². The molecular formula is C17H25N7O. The molecule has 0 unspecified atom stereocenters. The number of hydrogen-bond donors (Lipinski definition) is 1. The predicted molar refractivity (Wildman–Crippen MR) is 95.9 cm³/mol. The van der Waals surface area contributed by atoms with Crippen LogP contribution in [0.5, 0.6) is 0 Å². The van der Waals surface area contributed by atoms with Crippen LogP contribution in [0.1, 0.15) is 49.8 Å². The van der Waals surface area contributed by atoms with Gasteiger partial charge < -0.3 is 20.1 Å². The van der Waals surface area contributed by atoms with Gasteiger partial charge in [-0.25, -0.2) is 4.98 Å². The van der Waals surface area contributed by atoms with Gasteiger partial charge in [-0.05, 0) is 24.4 Å². The smallest absolute Gasteiger partial charge is 0.266 e. The molecular weight excluding hydrogens is 318 g/mol. The second-order valence-corrected chi connectivity index (χ2v) is 7.10. The molecule has 134 valence electrons. The summed E-state index contributed by atoms with van der Waals surface area (Å²) < 4.78 is 5.36. The highest BCUT2D eigenvalue weighted by Crippen LogP contribution is 2.29. The molecule has 0 atom stereocenters. The Labute approximate surface area is 147 Å². The average Bonchev–Trinajstić information content (AvgIpc) is 3.24. The molecule has 0 saturated carbocycles. The number of fused-ring (bicyclic) bond motifs is 1. The van der Waals surface area contributed by atoms with Crippen LogP contribution >= 0.6 is 0 Å². The molecule has 2 aliphatic rings. The Kier molecular flexibility index (Phi) is 4.19. The molecule has 1 saturated heterocycles. The zero-order chi connectivity index (χ0) is 17.4. The summed E-state index contributed by atoms with van der Waals surface area (Å²) >= 11 is 0. The van der Waals surface area contributed by atoms with Crippen LogP contribution in [0.3, 0.4) is 0 Å².